The van der Waals surface area contributed by atoms with E-state index in [2.05, 4.69) is 12.1 Å². The maximum atomic E-state index is 13.4. The fourth-order valence-corrected chi connectivity index (χ4v) is 2.88. The summed E-state index contributed by atoms with van der Waals surface area (Å²) in [6.07, 6.45) is 2.69. The predicted molar refractivity (Wildman–Crippen MR) is 82.0 cm³/mol. The Kier molecular flexibility index (Phi) is 3.93. The standard InChI is InChI=1S/C18H20FNO/c1-12-2-5-15(19)11-16(12)17(20)6-3-13-4-7-18-14(10-13)8-9-21-18/h2,4-5,7,10-11,17H,3,6,8-9,20H2,1H3. The number of fused-ring (bicyclic) bond motifs is 1. The molecule has 1 unspecified atom stereocenters. The van der Waals surface area contributed by atoms with E-state index in [-0.39, 0.29) is 11.9 Å². The normalized spacial score (nSPS) is 14.6. The summed E-state index contributed by atoms with van der Waals surface area (Å²) in [5.74, 6) is 0.782. The average Bonchev–Trinajstić information content (AvgIpc) is 2.94. The molecular weight excluding hydrogens is 265 g/mol. The van der Waals surface area contributed by atoms with Gasteiger partial charge in [-0.1, -0.05) is 18.2 Å². The van der Waals surface area contributed by atoms with Gasteiger partial charge >= 0.3 is 0 Å². The topological polar surface area (TPSA) is 35.2 Å². The van der Waals surface area contributed by atoms with Gasteiger partial charge in [0, 0.05) is 12.5 Å². The summed E-state index contributed by atoms with van der Waals surface area (Å²) in [7, 11) is 0. The van der Waals surface area contributed by atoms with Crippen molar-refractivity contribution in [3.05, 3.63) is 64.5 Å². The zero-order valence-electron chi connectivity index (χ0n) is 12.2. The first-order valence-electron chi connectivity index (χ1n) is 7.40. The van der Waals surface area contributed by atoms with E-state index in [1.54, 1.807) is 12.1 Å². The van der Waals surface area contributed by atoms with Gasteiger partial charge in [0.05, 0.1) is 6.61 Å². The van der Waals surface area contributed by atoms with Crippen LogP contribution in [-0.4, -0.2) is 6.61 Å². The van der Waals surface area contributed by atoms with Crippen LogP contribution in [0.2, 0.25) is 0 Å². The summed E-state index contributed by atoms with van der Waals surface area (Å²) in [6, 6.07) is 11.0. The fourth-order valence-electron chi connectivity index (χ4n) is 2.88. The third-order valence-corrected chi connectivity index (χ3v) is 4.14. The number of benzene rings is 2. The molecule has 2 aromatic carbocycles. The van der Waals surface area contributed by atoms with Crippen LogP contribution in [0.4, 0.5) is 4.39 Å². The minimum Gasteiger partial charge on any atom is -0.493 e. The van der Waals surface area contributed by atoms with Crippen molar-refractivity contribution in [1.29, 1.82) is 0 Å². The van der Waals surface area contributed by atoms with Crippen LogP contribution in [0.25, 0.3) is 0 Å². The molecule has 0 saturated heterocycles. The maximum Gasteiger partial charge on any atom is 0.123 e. The van der Waals surface area contributed by atoms with Crippen LogP contribution >= 0.6 is 0 Å². The highest BCUT2D eigenvalue weighted by atomic mass is 19.1. The van der Waals surface area contributed by atoms with Crippen molar-refractivity contribution in [3.63, 3.8) is 0 Å². The van der Waals surface area contributed by atoms with Crippen LogP contribution in [0.1, 0.15) is 34.7 Å². The van der Waals surface area contributed by atoms with Crippen molar-refractivity contribution in [1.82, 2.24) is 0 Å². The summed E-state index contributed by atoms with van der Waals surface area (Å²) in [5.41, 5.74) is 10.7. The highest BCUT2D eigenvalue weighted by Gasteiger charge is 2.14. The summed E-state index contributed by atoms with van der Waals surface area (Å²) in [4.78, 5) is 0. The quantitative estimate of drug-likeness (QED) is 0.929. The molecule has 21 heavy (non-hydrogen) atoms. The molecular formula is C18H20FNO. The number of aryl methyl sites for hydroxylation is 2. The molecule has 3 heteroatoms. The van der Waals surface area contributed by atoms with E-state index in [0.717, 1.165) is 42.7 Å². The van der Waals surface area contributed by atoms with Gasteiger partial charge in [-0.05, 0) is 60.2 Å². The van der Waals surface area contributed by atoms with Gasteiger partial charge in [0.1, 0.15) is 11.6 Å². The van der Waals surface area contributed by atoms with Crippen LogP contribution in [0.3, 0.4) is 0 Å². The lowest BCUT2D eigenvalue weighted by atomic mass is 9.95. The highest BCUT2D eigenvalue weighted by Crippen LogP contribution is 2.27. The van der Waals surface area contributed by atoms with Gasteiger partial charge in [0.15, 0.2) is 0 Å². The fraction of sp³-hybridized carbons (Fsp3) is 0.333. The van der Waals surface area contributed by atoms with E-state index in [0.29, 0.717) is 0 Å². The Hall–Kier alpha value is -1.87. The Morgan fingerprint density at radius 2 is 2.10 bits per heavy atom. The lowest BCUT2D eigenvalue weighted by molar-refractivity contribution is 0.357. The van der Waals surface area contributed by atoms with E-state index < -0.39 is 0 Å². The number of hydrogen-bond acceptors (Lipinski definition) is 2. The number of nitrogens with two attached hydrogens (primary N) is 1. The van der Waals surface area contributed by atoms with E-state index in [1.807, 2.05) is 13.0 Å². The number of hydrogen-bond donors (Lipinski definition) is 1. The molecule has 0 amide bonds. The molecule has 2 N–H and O–H groups in total. The van der Waals surface area contributed by atoms with Crippen molar-refractivity contribution in [2.45, 2.75) is 32.2 Å². The maximum absolute atomic E-state index is 13.4. The Labute approximate surface area is 124 Å². The second-order valence-corrected chi connectivity index (χ2v) is 5.69. The third kappa shape index (κ3) is 3.08. The third-order valence-electron chi connectivity index (χ3n) is 4.14. The summed E-state index contributed by atoms with van der Waals surface area (Å²) >= 11 is 0. The Bertz CT molecular complexity index is 654. The molecule has 3 rings (SSSR count). The molecule has 0 bridgehead atoms. The molecule has 1 heterocycles. The molecule has 0 radical (unpaired) electrons. The Morgan fingerprint density at radius 1 is 1.24 bits per heavy atom. The van der Waals surface area contributed by atoms with Gasteiger partial charge in [0.25, 0.3) is 0 Å². The first-order valence-corrected chi connectivity index (χ1v) is 7.40. The minimum absolute atomic E-state index is 0.134. The number of ether oxygens (including phenoxy) is 1. The van der Waals surface area contributed by atoms with Crippen molar-refractivity contribution in [2.24, 2.45) is 5.73 Å². The zero-order chi connectivity index (χ0) is 14.8. The highest BCUT2D eigenvalue weighted by molar-refractivity contribution is 5.40. The zero-order valence-corrected chi connectivity index (χ0v) is 12.2. The van der Waals surface area contributed by atoms with Crippen LogP contribution in [0.15, 0.2) is 36.4 Å². The van der Waals surface area contributed by atoms with Crippen molar-refractivity contribution >= 4 is 0 Å². The average molecular weight is 285 g/mol. The van der Waals surface area contributed by atoms with Crippen LogP contribution in [-0.2, 0) is 12.8 Å². The van der Waals surface area contributed by atoms with Crippen molar-refractivity contribution in [2.75, 3.05) is 6.61 Å². The predicted octanol–water partition coefficient (Wildman–Crippen LogP) is 3.70. The first-order chi connectivity index (χ1) is 10.1. The van der Waals surface area contributed by atoms with Crippen molar-refractivity contribution in [3.8, 4) is 5.75 Å². The molecule has 110 valence electrons. The first kappa shape index (κ1) is 14.1. The van der Waals surface area contributed by atoms with Gasteiger partial charge in [-0.2, -0.15) is 0 Å². The van der Waals surface area contributed by atoms with Crippen molar-refractivity contribution < 1.29 is 9.13 Å². The van der Waals surface area contributed by atoms with E-state index in [4.69, 9.17) is 10.5 Å². The van der Waals surface area contributed by atoms with Crippen LogP contribution in [0, 0.1) is 12.7 Å². The van der Waals surface area contributed by atoms with Crippen LogP contribution in [0.5, 0.6) is 5.75 Å². The molecule has 2 nitrogen and oxygen atoms in total. The summed E-state index contributed by atoms with van der Waals surface area (Å²) in [6.45, 7) is 2.75. The molecule has 1 aliphatic rings. The number of halogens is 1. The lowest BCUT2D eigenvalue weighted by Gasteiger charge is -2.15. The summed E-state index contributed by atoms with van der Waals surface area (Å²) < 4.78 is 18.9. The molecule has 2 aromatic rings. The van der Waals surface area contributed by atoms with Gasteiger partial charge in [-0.15, -0.1) is 0 Å². The largest absolute Gasteiger partial charge is 0.493 e. The van der Waals surface area contributed by atoms with Gasteiger partial charge in [0.2, 0.25) is 0 Å². The molecule has 0 saturated carbocycles. The molecule has 0 aromatic heterocycles. The summed E-state index contributed by atoms with van der Waals surface area (Å²) in [5, 5.41) is 0. The van der Waals surface area contributed by atoms with Gasteiger partial charge in [-0.3, -0.25) is 0 Å². The minimum atomic E-state index is -0.222. The van der Waals surface area contributed by atoms with Gasteiger partial charge in [-0.25, -0.2) is 4.39 Å². The van der Waals surface area contributed by atoms with Gasteiger partial charge < -0.3 is 10.5 Å². The Balaban J connectivity index is 1.68. The van der Waals surface area contributed by atoms with Crippen LogP contribution < -0.4 is 10.5 Å². The molecule has 1 atom stereocenters. The monoisotopic (exact) mass is 285 g/mol. The molecule has 0 spiro atoms. The smallest absolute Gasteiger partial charge is 0.123 e. The van der Waals surface area contributed by atoms with E-state index in [1.165, 1.54) is 17.2 Å². The molecule has 0 aliphatic carbocycles. The molecule has 1 aliphatic heterocycles. The van der Waals surface area contributed by atoms with E-state index in [9.17, 15) is 4.39 Å². The second-order valence-electron chi connectivity index (χ2n) is 5.69. The SMILES string of the molecule is Cc1ccc(F)cc1C(N)CCc1ccc2c(c1)CCO2. The Morgan fingerprint density at radius 3 is 2.95 bits per heavy atom. The lowest BCUT2D eigenvalue weighted by Crippen LogP contribution is -2.13. The number of rotatable bonds is 4. The molecule has 0 fully saturated rings. The second kappa shape index (κ2) is 5.86. The van der Waals surface area contributed by atoms with E-state index >= 15 is 0 Å².